The highest BCUT2D eigenvalue weighted by Crippen LogP contribution is 2.30. The SMILES string of the molecule is Cc1ccc(SCCNC(=O)C(C)Oc2cccc3c2CCCC3)cc1. The van der Waals surface area contributed by atoms with Crippen molar-refractivity contribution < 1.29 is 9.53 Å². The van der Waals surface area contributed by atoms with Crippen LogP contribution in [0, 0.1) is 6.92 Å². The Kier molecular flexibility index (Phi) is 6.62. The number of aryl methyl sites for hydroxylation is 2. The summed E-state index contributed by atoms with van der Waals surface area (Å²) in [6, 6.07) is 14.6. The molecule has 0 radical (unpaired) electrons. The zero-order valence-electron chi connectivity index (χ0n) is 15.6. The average Bonchev–Trinajstić information content (AvgIpc) is 2.66. The van der Waals surface area contributed by atoms with E-state index >= 15 is 0 Å². The van der Waals surface area contributed by atoms with Gasteiger partial charge in [-0.05, 0) is 68.9 Å². The maximum Gasteiger partial charge on any atom is 0.260 e. The number of carbonyl (C=O) groups is 1. The van der Waals surface area contributed by atoms with Gasteiger partial charge in [-0.1, -0.05) is 29.8 Å². The van der Waals surface area contributed by atoms with Gasteiger partial charge in [-0.15, -0.1) is 11.8 Å². The van der Waals surface area contributed by atoms with Crippen LogP contribution < -0.4 is 10.1 Å². The Hall–Kier alpha value is -1.94. The Bertz CT molecular complexity index is 742. The second-order valence-corrected chi connectivity index (χ2v) is 7.98. The molecule has 1 unspecified atom stereocenters. The highest BCUT2D eigenvalue weighted by Gasteiger charge is 2.19. The molecule has 138 valence electrons. The second kappa shape index (κ2) is 9.13. The van der Waals surface area contributed by atoms with Crippen molar-refractivity contribution in [3.8, 4) is 5.75 Å². The first kappa shape index (κ1) is 18.8. The largest absolute Gasteiger partial charge is 0.481 e. The third-order valence-corrected chi connectivity index (χ3v) is 5.73. The molecule has 0 spiro atoms. The molecule has 4 heteroatoms. The number of carbonyl (C=O) groups excluding carboxylic acids is 1. The van der Waals surface area contributed by atoms with Crippen molar-refractivity contribution in [2.45, 2.75) is 50.5 Å². The number of amides is 1. The van der Waals surface area contributed by atoms with Crippen LogP contribution in [0.5, 0.6) is 5.75 Å². The molecule has 1 aliphatic rings. The van der Waals surface area contributed by atoms with Crippen molar-refractivity contribution >= 4 is 17.7 Å². The van der Waals surface area contributed by atoms with Gasteiger partial charge in [0.15, 0.2) is 6.10 Å². The number of hydrogen-bond donors (Lipinski definition) is 1. The van der Waals surface area contributed by atoms with E-state index in [-0.39, 0.29) is 5.91 Å². The number of rotatable bonds is 7. The molecule has 0 aliphatic heterocycles. The van der Waals surface area contributed by atoms with Gasteiger partial charge in [-0.2, -0.15) is 0 Å². The van der Waals surface area contributed by atoms with Crippen LogP contribution in [0.15, 0.2) is 47.4 Å². The highest BCUT2D eigenvalue weighted by atomic mass is 32.2. The lowest BCUT2D eigenvalue weighted by atomic mass is 9.91. The summed E-state index contributed by atoms with van der Waals surface area (Å²) in [5, 5.41) is 2.98. The lowest BCUT2D eigenvalue weighted by molar-refractivity contribution is -0.127. The molecule has 0 fully saturated rings. The van der Waals surface area contributed by atoms with Crippen molar-refractivity contribution in [2.24, 2.45) is 0 Å². The molecule has 3 rings (SSSR count). The number of benzene rings is 2. The van der Waals surface area contributed by atoms with Gasteiger partial charge >= 0.3 is 0 Å². The number of fused-ring (bicyclic) bond motifs is 1. The van der Waals surface area contributed by atoms with Gasteiger partial charge in [0.25, 0.3) is 5.91 Å². The van der Waals surface area contributed by atoms with E-state index in [1.54, 1.807) is 11.8 Å². The number of hydrogen-bond acceptors (Lipinski definition) is 3. The zero-order valence-corrected chi connectivity index (χ0v) is 16.4. The van der Waals surface area contributed by atoms with Crippen LogP contribution >= 0.6 is 11.8 Å². The van der Waals surface area contributed by atoms with E-state index in [4.69, 9.17) is 4.74 Å². The summed E-state index contributed by atoms with van der Waals surface area (Å²) in [6.45, 7) is 4.54. The monoisotopic (exact) mass is 369 g/mol. The summed E-state index contributed by atoms with van der Waals surface area (Å²) in [7, 11) is 0. The van der Waals surface area contributed by atoms with Gasteiger partial charge in [0.05, 0.1) is 0 Å². The molecule has 0 heterocycles. The highest BCUT2D eigenvalue weighted by molar-refractivity contribution is 7.99. The molecule has 1 atom stereocenters. The fraction of sp³-hybridized carbons (Fsp3) is 0.409. The Labute approximate surface area is 160 Å². The Morgan fingerprint density at radius 2 is 1.92 bits per heavy atom. The Morgan fingerprint density at radius 3 is 2.73 bits per heavy atom. The van der Waals surface area contributed by atoms with Gasteiger partial charge in [-0.3, -0.25) is 4.79 Å². The molecule has 0 bridgehead atoms. The molecule has 2 aromatic rings. The van der Waals surface area contributed by atoms with Crippen molar-refractivity contribution in [3.63, 3.8) is 0 Å². The maximum absolute atomic E-state index is 12.3. The number of thioether (sulfide) groups is 1. The van der Waals surface area contributed by atoms with E-state index in [9.17, 15) is 4.79 Å². The molecule has 1 amide bonds. The second-order valence-electron chi connectivity index (χ2n) is 6.81. The lowest BCUT2D eigenvalue weighted by Crippen LogP contribution is -2.37. The first-order chi connectivity index (χ1) is 12.6. The third kappa shape index (κ3) is 5.04. The van der Waals surface area contributed by atoms with Crippen LogP contribution in [-0.2, 0) is 17.6 Å². The molecule has 1 N–H and O–H groups in total. The van der Waals surface area contributed by atoms with E-state index in [1.165, 1.54) is 34.4 Å². The van der Waals surface area contributed by atoms with E-state index < -0.39 is 6.10 Å². The summed E-state index contributed by atoms with van der Waals surface area (Å²) in [5.74, 6) is 1.67. The molecule has 0 aromatic heterocycles. The molecule has 2 aromatic carbocycles. The minimum absolute atomic E-state index is 0.0529. The van der Waals surface area contributed by atoms with Crippen LogP contribution in [0.25, 0.3) is 0 Å². The van der Waals surface area contributed by atoms with E-state index in [2.05, 4.69) is 42.6 Å². The summed E-state index contributed by atoms with van der Waals surface area (Å²) in [6.07, 6.45) is 4.12. The van der Waals surface area contributed by atoms with Crippen molar-refractivity contribution in [1.29, 1.82) is 0 Å². The van der Waals surface area contributed by atoms with Gasteiger partial charge in [-0.25, -0.2) is 0 Å². The standard InChI is InChI=1S/C22H27NO2S/c1-16-10-12-19(13-11-16)26-15-14-23-22(24)17(2)25-21-9-5-7-18-6-3-4-8-20(18)21/h5,7,9-13,17H,3-4,6,8,14-15H2,1-2H3,(H,23,24). The van der Waals surface area contributed by atoms with Crippen molar-refractivity contribution in [3.05, 3.63) is 59.2 Å². The summed E-state index contributed by atoms with van der Waals surface area (Å²) in [5.41, 5.74) is 3.92. The van der Waals surface area contributed by atoms with Gasteiger partial charge in [0.2, 0.25) is 0 Å². The van der Waals surface area contributed by atoms with Crippen LogP contribution in [0.2, 0.25) is 0 Å². The van der Waals surface area contributed by atoms with Crippen LogP contribution in [-0.4, -0.2) is 24.3 Å². The smallest absolute Gasteiger partial charge is 0.260 e. The van der Waals surface area contributed by atoms with Crippen LogP contribution in [0.1, 0.15) is 36.5 Å². The molecule has 0 saturated carbocycles. The fourth-order valence-electron chi connectivity index (χ4n) is 3.22. The van der Waals surface area contributed by atoms with E-state index in [0.717, 1.165) is 24.3 Å². The van der Waals surface area contributed by atoms with Crippen molar-refractivity contribution in [2.75, 3.05) is 12.3 Å². The third-order valence-electron chi connectivity index (χ3n) is 4.72. The first-order valence-electron chi connectivity index (χ1n) is 9.38. The molecule has 3 nitrogen and oxygen atoms in total. The van der Waals surface area contributed by atoms with Gasteiger partial charge in [0, 0.05) is 17.2 Å². The first-order valence-corrected chi connectivity index (χ1v) is 10.4. The Morgan fingerprint density at radius 1 is 1.15 bits per heavy atom. The summed E-state index contributed by atoms with van der Waals surface area (Å²) >= 11 is 1.75. The molecular weight excluding hydrogens is 342 g/mol. The van der Waals surface area contributed by atoms with E-state index in [0.29, 0.717) is 6.54 Å². The van der Waals surface area contributed by atoms with E-state index in [1.807, 2.05) is 19.1 Å². The number of ether oxygens (including phenoxy) is 1. The number of nitrogens with one attached hydrogen (secondary N) is 1. The zero-order chi connectivity index (χ0) is 18.4. The Balaban J connectivity index is 1.45. The fourth-order valence-corrected chi connectivity index (χ4v) is 3.99. The molecule has 26 heavy (non-hydrogen) atoms. The van der Waals surface area contributed by atoms with Gasteiger partial charge < -0.3 is 10.1 Å². The normalized spacial score (nSPS) is 14.4. The molecule has 0 saturated heterocycles. The topological polar surface area (TPSA) is 38.3 Å². The average molecular weight is 370 g/mol. The predicted molar refractivity (Wildman–Crippen MR) is 108 cm³/mol. The van der Waals surface area contributed by atoms with Crippen LogP contribution in [0.4, 0.5) is 0 Å². The lowest BCUT2D eigenvalue weighted by Gasteiger charge is -2.22. The maximum atomic E-state index is 12.3. The summed E-state index contributed by atoms with van der Waals surface area (Å²) in [4.78, 5) is 13.6. The quantitative estimate of drug-likeness (QED) is 0.575. The van der Waals surface area contributed by atoms with Crippen LogP contribution in [0.3, 0.4) is 0 Å². The minimum atomic E-state index is -0.479. The van der Waals surface area contributed by atoms with Gasteiger partial charge in [0.1, 0.15) is 5.75 Å². The van der Waals surface area contributed by atoms with Crippen molar-refractivity contribution in [1.82, 2.24) is 5.32 Å². The summed E-state index contributed by atoms with van der Waals surface area (Å²) < 4.78 is 5.98. The predicted octanol–water partition coefficient (Wildman–Crippen LogP) is 4.55. The molecular formula is C22H27NO2S. The molecule has 1 aliphatic carbocycles. The minimum Gasteiger partial charge on any atom is -0.481 e.